The molecule has 4 heteroatoms. The van der Waals surface area contributed by atoms with Gasteiger partial charge in [0.05, 0.1) is 0 Å². The monoisotopic (exact) mass is 553 g/mol. The van der Waals surface area contributed by atoms with E-state index in [9.17, 15) is 0 Å². The number of benzene rings is 4. The molecule has 2 aliphatic carbocycles. The van der Waals surface area contributed by atoms with Crippen LogP contribution in [0.2, 0.25) is 11.5 Å². The number of hydrogen-bond acceptors (Lipinski definition) is 0. The van der Waals surface area contributed by atoms with Crippen LogP contribution in [0.1, 0.15) is 22.3 Å². The summed E-state index contributed by atoms with van der Waals surface area (Å²) in [5, 5.41) is 0. The molecule has 4 aromatic rings. The van der Waals surface area contributed by atoms with E-state index in [2.05, 4.69) is 96.4 Å². The molecule has 0 aliphatic heterocycles. The van der Waals surface area contributed by atoms with Crippen molar-refractivity contribution in [3.63, 3.8) is 0 Å². The van der Waals surface area contributed by atoms with E-state index in [0.29, 0.717) is 15.4 Å². The Bertz CT molecular complexity index is 965. The summed E-state index contributed by atoms with van der Waals surface area (Å²) in [7, 11) is 9.78. The minimum Gasteiger partial charge on any atom is -0.179 e. The Hall–Kier alpha value is -1.28. The molecule has 1 radical (unpaired) electrons. The fourth-order valence-corrected chi connectivity index (χ4v) is 4.00. The third-order valence-electron chi connectivity index (χ3n) is 5.23. The van der Waals surface area contributed by atoms with E-state index in [1.165, 1.54) is 44.5 Å². The molecule has 0 heterocycles. The van der Waals surface area contributed by atoms with Crippen molar-refractivity contribution in [3.8, 4) is 22.3 Å². The van der Waals surface area contributed by atoms with E-state index in [-0.39, 0.29) is 0 Å². The van der Waals surface area contributed by atoms with E-state index in [4.69, 9.17) is 18.6 Å². The summed E-state index contributed by atoms with van der Waals surface area (Å²) < 4.78 is 0. The van der Waals surface area contributed by atoms with Crippen LogP contribution in [0.4, 0.5) is 0 Å². The van der Waals surface area contributed by atoms with Gasteiger partial charge in [-0.2, -0.15) is 59.7 Å². The van der Waals surface area contributed by atoms with Gasteiger partial charge in [0.25, 0.3) is 0 Å². The Morgan fingerprint density at radius 1 is 0.625 bits per heavy atom. The van der Waals surface area contributed by atoms with Crippen LogP contribution in [0.3, 0.4) is 0 Å². The summed E-state index contributed by atoms with van der Waals surface area (Å²) in [6, 6.07) is 36.2. The van der Waals surface area contributed by atoms with Crippen LogP contribution >= 0.6 is 18.6 Å². The molecule has 0 nitrogen and oxygen atoms in total. The zero-order chi connectivity index (χ0) is 22.8. The Balaban J connectivity index is 0.000000146. The molecular weight excluding hydrogens is 528 g/mol. The zero-order valence-corrected chi connectivity index (χ0v) is 23.8. The van der Waals surface area contributed by atoms with Crippen LogP contribution < -0.4 is 0 Å². The molecule has 161 valence electrons. The minimum absolute atomic E-state index is 0.312. The van der Waals surface area contributed by atoms with Gasteiger partial charge in [-0.3, -0.25) is 0 Å². The summed E-state index contributed by atoms with van der Waals surface area (Å²) in [5.41, 5.74) is 11.0. The fraction of sp³-hybridized carbons (Fsp3) is 0.143. The topological polar surface area (TPSA) is 0 Å². The van der Waals surface area contributed by atoms with Crippen molar-refractivity contribution in [2.24, 2.45) is 0 Å². The van der Waals surface area contributed by atoms with Crippen molar-refractivity contribution in [1.29, 1.82) is 0 Å². The Labute approximate surface area is 215 Å². The molecule has 0 spiro atoms. The zero-order valence-electron chi connectivity index (χ0n) is 18.3. The molecule has 0 fully saturated rings. The number of fused-ring (bicyclic) bond motifs is 6. The van der Waals surface area contributed by atoms with Crippen LogP contribution in [-0.2, 0) is 29.9 Å². The van der Waals surface area contributed by atoms with Crippen molar-refractivity contribution >= 4 is 34.0 Å². The quantitative estimate of drug-likeness (QED) is 0.132. The first-order valence-corrected chi connectivity index (χ1v) is 19.7. The Morgan fingerprint density at radius 3 is 1.38 bits per heavy atom. The fourth-order valence-electron chi connectivity index (χ4n) is 4.00. The van der Waals surface area contributed by atoms with Gasteiger partial charge in [-0.05, 0) is 12.8 Å². The molecule has 32 heavy (non-hydrogen) atoms. The summed E-state index contributed by atoms with van der Waals surface area (Å²) in [5.74, 6) is 4.56. The number of hydrogen-bond donors (Lipinski definition) is 0. The van der Waals surface area contributed by atoms with Crippen molar-refractivity contribution in [2.75, 3.05) is 0 Å². The molecule has 0 amide bonds. The van der Waals surface area contributed by atoms with E-state index in [0.717, 1.165) is 12.8 Å². The Morgan fingerprint density at radius 2 is 0.969 bits per heavy atom. The third kappa shape index (κ3) is 6.40. The summed E-state index contributed by atoms with van der Waals surface area (Å²) in [4.78, 5) is 0. The SMILES string of the molecule is [CH3][GeH][CH3].[Cl][Ti][Cl].[c-]1cccc2c1Cc1ccccc1-2.[c-]1cccc2c1Cc1ccccc1-2. The predicted molar refractivity (Wildman–Crippen MR) is 138 cm³/mol. The van der Waals surface area contributed by atoms with Crippen LogP contribution in [-0.4, -0.2) is 15.4 Å². The molecule has 0 bridgehead atoms. The predicted octanol–water partition coefficient (Wildman–Crippen LogP) is 8.01. The van der Waals surface area contributed by atoms with E-state index in [1.807, 2.05) is 12.1 Å². The summed E-state index contributed by atoms with van der Waals surface area (Å²) in [6.07, 6.45) is 2.10. The average Bonchev–Trinajstić information content (AvgIpc) is 3.39. The first-order chi connectivity index (χ1) is 15.7. The van der Waals surface area contributed by atoms with E-state index >= 15 is 0 Å². The van der Waals surface area contributed by atoms with Gasteiger partial charge < -0.3 is 0 Å². The van der Waals surface area contributed by atoms with Gasteiger partial charge in [0.1, 0.15) is 0 Å². The molecule has 0 saturated carbocycles. The van der Waals surface area contributed by atoms with Crippen LogP contribution in [0, 0.1) is 12.1 Å². The minimum atomic E-state index is -0.556. The number of rotatable bonds is 0. The van der Waals surface area contributed by atoms with Gasteiger partial charge in [0, 0.05) is 0 Å². The molecule has 0 atom stereocenters. The second-order valence-corrected chi connectivity index (χ2v) is 12.4. The first kappa shape index (κ1) is 25.3. The second kappa shape index (κ2) is 13.4. The van der Waals surface area contributed by atoms with E-state index < -0.39 is 17.0 Å². The largest absolute Gasteiger partial charge is 0.179 e. The number of halogens is 2. The molecule has 4 aromatic carbocycles. The third-order valence-corrected chi connectivity index (χ3v) is 5.23. The Kier molecular flexibility index (Phi) is 10.6. The second-order valence-electron chi connectivity index (χ2n) is 7.44. The van der Waals surface area contributed by atoms with Crippen molar-refractivity contribution in [3.05, 3.63) is 119 Å². The van der Waals surface area contributed by atoms with Gasteiger partial charge in [-0.15, -0.1) is 11.1 Å². The maximum absolute atomic E-state index is 4.89. The normalized spacial score (nSPS) is 11.0. The van der Waals surface area contributed by atoms with Gasteiger partial charge in [0.15, 0.2) is 0 Å². The molecule has 2 aliphatic rings. The van der Waals surface area contributed by atoms with Crippen LogP contribution in [0.25, 0.3) is 22.3 Å². The molecule has 0 aromatic heterocycles. The average molecular weight is 553 g/mol. The first-order valence-electron chi connectivity index (χ1n) is 10.6. The van der Waals surface area contributed by atoms with Crippen LogP contribution in [0.15, 0.2) is 84.9 Å². The van der Waals surface area contributed by atoms with Crippen LogP contribution in [0.5, 0.6) is 0 Å². The summed E-state index contributed by atoms with van der Waals surface area (Å²) in [6.45, 7) is 0. The summed E-state index contributed by atoms with van der Waals surface area (Å²) >= 11 is -0.243. The maximum atomic E-state index is 4.89. The standard InChI is InChI=1S/2C13H9.C2H7Ge.2ClH.Ti/c2*1-3-7-12-10(5-1)9-11-6-2-4-8-13(11)12;1-3-2;;;/h2*1-5,7-8H,9H2;3H,1-2H3;2*1H;/q2*-1;;;;+2/p-2. The van der Waals surface area contributed by atoms with Crippen molar-refractivity contribution < 1.29 is 17.0 Å². The smallest absolute Gasteiger partial charge is 0.0253 e. The van der Waals surface area contributed by atoms with Crippen molar-refractivity contribution in [2.45, 2.75) is 24.4 Å². The molecule has 0 saturated heterocycles. The van der Waals surface area contributed by atoms with Gasteiger partial charge in [-0.1, -0.05) is 70.8 Å². The van der Waals surface area contributed by atoms with Gasteiger partial charge in [-0.25, -0.2) is 0 Å². The molecular formula is C28H25Cl2GeTi-2. The molecule has 6 rings (SSSR count). The van der Waals surface area contributed by atoms with Crippen molar-refractivity contribution in [1.82, 2.24) is 0 Å². The van der Waals surface area contributed by atoms with Gasteiger partial charge >= 0.3 is 62.6 Å². The van der Waals surface area contributed by atoms with E-state index in [1.54, 1.807) is 0 Å². The molecule has 0 N–H and O–H groups in total. The maximum Gasteiger partial charge on any atom is -0.0253 e. The van der Waals surface area contributed by atoms with Gasteiger partial charge in [0.2, 0.25) is 0 Å². The molecule has 0 unspecified atom stereocenters.